The van der Waals surface area contributed by atoms with E-state index in [2.05, 4.69) is 24.0 Å². The van der Waals surface area contributed by atoms with E-state index in [1.165, 1.54) is 49.4 Å². The van der Waals surface area contributed by atoms with Crippen LogP contribution in [0.3, 0.4) is 0 Å². The van der Waals surface area contributed by atoms with Gasteiger partial charge in [-0.05, 0) is 0 Å². The van der Waals surface area contributed by atoms with E-state index < -0.39 is 0 Å². The van der Waals surface area contributed by atoms with Crippen molar-refractivity contribution < 1.29 is 0 Å². The molecule has 0 nitrogen and oxygen atoms in total. The predicted molar refractivity (Wildman–Crippen MR) is 63.4 cm³/mol. The summed E-state index contributed by atoms with van der Waals surface area (Å²) in [6.07, 6.45) is 12.2. The summed E-state index contributed by atoms with van der Waals surface area (Å²) in [5.74, 6) is 0. The first-order valence-electron chi connectivity index (χ1n) is 5.68. The summed E-state index contributed by atoms with van der Waals surface area (Å²) in [5, 5.41) is 0. The van der Waals surface area contributed by atoms with E-state index in [-0.39, 0.29) is 20.9 Å². The zero-order valence-corrected chi connectivity index (χ0v) is 11.6. The van der Waals surface area contributed by atoms with E-state index >= 15 is 0 Å². The van der Waals surface area contributed by atoms with Crippen molar-refractivity contribution in [1.82, 2.24) is 0 Å². The first kappa shape index (κ1) is 13.5. The number of allylic oxidation sites excluding steroid dienone is 1. The second kappa shape index (κ2) is 12.5. The van der Waals surface area contributed by atoms with E-state index in [4.69, 9.17) is 0 Å². The van der Waals surface area contributed by atoms with Crippen LogP contribution in [0.4, 0.5) is 0 Å². The van der Waals surface area contributed by atoms with Crippen LogP contribution < -0.4 is 0 Å². The zero-order chi connectivity index (χ0) is 9.78. The zero-order valence-electron chi connectivity index (χ0n) is 9.22. The van der Waals surface area contributed by atoms with Crippen LogP contribution in [0, 0.1) is 0 Å². The van der Waals surface area contributed by atoms with Crippen LogP contribution in [-0.2, 0) is 0 Å². The fourth-order valence-corrected chi connectivity index (χ4v) is 3.59. The van der Waals surface area contributed by atoms with E-state index in [0.717, 1.165) is 0 Å². The molecule has 0 aromatic heterocycles. The van der Waals surface area contributed by atoms with Gasteiger partial charge in [-0.3, -0.25) is 0 Å². The molecule has 0 aliphatic carbocycles. The van der Waals surface area contributed by atoms with Gasteiger partial charge in [0.2, 0.25) is 0 Å². The van der Waals surface area contributed by atoms with Crippen molar-refractivity contribution in [3.8, 4) is 0 Å². The molecule has 0 saturated heterocycles. The Balaban J connectivity index is 2.95. The van der Waals surface area contributed by atoms with Gasteiger partial charge in [0.05, 0.1) is 0 Å². The fraction of sp³-hybridized carbons (Fsp3) is 0.833. The molecule has 0 aliphatic heterocycles. The Kier molecular flexibility index (Phi) is 13.0. The molecular weight excluding hydrogens is 272 g/mol. The van der Waals surface area contributed by atoms with E-state index in [0.29, 0.717) is 0 Å². The van der Waals surface area contributed by atoms with Crippen LogP contribution in [0.5, 0.6) is 0 Å². The van der Waals surface area contributed by atoms with Crippen LogP contribution in [0.15, 0.2) is 10.2 Å². The molecule has 0 radical (unpaired) electrons. The normalized spacial score (nSPS) is 11.2. The first-order chi connectivity index (χ1) is 6.41. The average Bonchev–Trinajstić information content (AvgIpc) is 2.16. The molecule has 0 aromatic rings. The van der Waals surface area contributed by atoms with Gasteiger partial charge in [0, 0.05) is 0 Å². The van der Waals surface area contributed by atoms with Gasteiger partial charge >= 0.3 is 94.4 Å². The molecule has 13 heavy (non-hydrogen) atoms. The van der Waals surface area contributed by atoms with Crippen molar-refractivity contribution in [2.24, 2.45) is 0 Å². The first-order valence-corrected chi connectivity index (χ1v) is 8.67. The van der Waals surface area contributed by atoms with Crippen molar-refractivity contribution in [3.05, 3.63) is 10.2 Å². The third kappa shape index (κ3) is 12.5. The predicted octanol–water partition coefficient (Wildman–Crippen LogP) is 4.39. The molecule has 78 valence electrons. The van der Waals surface area contributed by atoms with Crippen LogP contribution in [0.1, 0.15) is 58.8 Å². The van der Waals surface area contributed by atoms with Gasteiger partial charge in [0.25, 0.3) is 0 Å². The number of hydrogen-bond acceptors (Lipinski definition) is 0. The fourth-order valence-electron chi connectivity index (χ4n) is 1.12. The minimum atomic E-state index is 0.252. The Morgan fingerprint density at radius 2 is 1.69 bits per heavy atom. The van der Waals surface area contributed by atoms with Gasteiger partial charge in [-0.15, -0.1) is 0 Å². The van der Waals surface area contributed by atoms with Crippen molar-refractivity contribution >= 4 is 20.9 Å². The van der Waals surface area contributed by atoms with Crippen molar-refractivity contribution in [1.29, 1.82) is 0 Å². The second-order valence-electron chi connectivity index (χ2n) is 3.45. The van der Waals surface area contributed by atoms with Crippen molar-refractivity contribution in [3.63, 3.8) is 0 Å². The second-order valence-corrected chi connectivity index (χ2v) is 6.34. The molecule has 0 heterocycles. The summed E-state index contributed by atoms with van der Waals surface area (Å²) < 4.78 is 4.00. The van der Waals surface area contributed by atoms with Crippen LogP contribution in [0.2, 0.25) is 4.47 Å². The maximum absolute atomic E-state index is 2.49. The third-order valence-electron chi connectivity index (χ3n) is 2.03. The molecule has 0 aliphatic rings. The van der Waals surface area contributed by atoms with E-state index in [1.54, 1.807) is 0 Å². The monoisotopic (exact) mass is 298 g/mol. The maximum atomic E-state index is 2.49. The summed E-state index contributed by atoms with van der Waals surface area (Å²) in [5.41, 5.74) is 0. The summed E-state index contributed by atoms with van der Waals surface area (Å²) >= 11 is 0.252. The topological polar surface area (TPSA) is 0 Å². The molecular formula is C12H24Te. The Bertz CT molecular complexity index is 108. The van der Waals surface area contributed by atoms with Gasteiger partial charge < -0.3 is 0 Å². The number of hydrogen-bond donors (Lipinski definition) is 0. The summed E-state index contributed by atoms with van der Waals surface area (Å²) in [4.78, 5) is 0. The van der Waals surface area contributed by atoms with Crippen LogP contribution in [0.25, 0.3) is 0 Å². The SMILES string of the molecule is CCCCCC/C=C/[Te]CCCC. The number of unbranched alkanes of at least 4 members (excludes halogenated alkanes) is 5. The Morgan fingerprint density at radius 1 is 0.923 bits per heavy atom. The van der Waals surface area contributed by atoms with E-state index in [9.17, 15) is 0 Å². The molecule has 0 unspecified atom stereocenters. The molecule has 1 heteroatoms. The number of rotatable bonds is 9. The van der Waals surface area contributed by atoms with Crippen LogP contribution >= 0.6 is 0 Å². The van der Waals surface area contributed by atoms with Crippen LogP contribution in [-0.4, -0.2) is 20.9 Å². The van der Waals surface area contributed by atoms with Gasteiger partial charge in [-0.1, -0.05) is 0 Å². The minimum absolute atomic E-state index is 0.252. The van der Waals surface area contributed by atoms with Crippen molar-refractivity contribution in [2.75, 3.05) is 0 Å². The van der Waals surface area contributed by atoms with Gasteiger partial charge in [0.1, 0.15) is 0 Å². The van der Waals surface area contributed by atoms with Gasteiger partial charge in [-0.2, -0.15) is 0 Å². The Hall–Kier alpha value is 0.530. The van der Waals surface area contributed by atoms with Gasteiger partial charge in [0.15, 0.2) is 0 Å². The molecule has 0 N–H and O–H groups in total. The quantitative estimate of drug-likeness (QED) is 0.437. The molecule has 0 bridgehead atoms. The van der Waals surface area contributed by atoms with Gasteiger partial charge in [-0.25, -0.2) is 0 Å². The Morgan fingerprint density at radius 3 is 2.38 bits per heavy atom. The summed E-state index contributed by atoms with van der Waals surface area (Å²) in [6, 6.07) is 0. The summed E-state index contributed by atoms with van der Waals surface area (Å²) in [6.45, 7) is 4.55. The molecule has 0 spiro atoms. The molecule has 0 aromatic carbocycles. The summed E-state index contributed by atoms with van der Waals surface area (Å²) in [7, 11) is 0. The molecule has 0 amide bonds. The third-order valence-corrected chi connectivity index (χ3v) is 4.63. The molecule has 0 fully saturated rings. The molecule has 0 saturated carbocycles. The van der Waals surface area contributed by atoms with E-state index in [1.807, 2.05) is 0 Å². The standard InChI is InChI=1S/C12H24Te/c1-3-5-7-8-9-10-12-13-11-6-4-2/h10,12H,3-9,11H2,1-2H3/b12-10+. The molecule has 0 rings (SSSR count). The average molecular weight is 296 g/mol. The Labute approximate surface area is 94.3 Å². The van der Waals surface area contributed by atoms with Crippen molar-refractivity contribution in [2.45, 2.75) is 63.3 Å². The molecule has 0 atom stereocenters.